The van der Waals surface area contributed by atoms with Crippen LogP contribution in [0.4, 0.5) is 0 Å². The summed E-state index contributed by atoms with van der Waals surface area (Å²) in [5, 5.41) is 13.3. The molecule has 3 rings (SSSR count). The minimum absolute atomic E-state index is 0.361. The van der Waals surface area contributed by atoms with E-state index in [1.165, 1.54) is 0 Å². The van der Waals surface area contributed by atoms with Crippen molar-refractivity contribution in [2.75, 3.05) is 6.67 Å². The maximum Gasteiger partial charge on any atom is 0.108 e. The lowest BCUT2D eigenvalue weighted by Gasteiger charge is -2.08. The zero-order valence-corrected chi connectivity index (χ0v) is 12.1. The highest BCUT2D eigenvalue weighted by molar-refractivity contribution is 6.60. The van der Waals surface area contributed by atoms with E-state index in [1.54, 1.807) is 6.20 Å². The van der Waals surface area contributed by atoms with Crippen molar-refractivity contribution in [3.05, 3.63) is 71.4 Å². The highest BCUT2D eigenvalue weighted by atomic mass is 15.0. The summed E-state index contributed by atoms with van der Waals surface area (Å²) in [6.45, 7) is 4.31. The molecule has 0 atom stereocenters. The second-order valence-corrected chi connectivity index (χ2v) is 4.90. The molecule has 1 aliphatic rings. The SMILES string of the molecule is C=C(NCN=C1C=c2ccccc2=CC1=N)c1ccccn1. The van der Waals surface area contributed by atoms with Gasteiger partial charge in [0, 0.05) is 6.20 Å². The van der Waals surface area contributed by atoms with E-state index in [2.05, 4.69) is 21.9 Å². The molecule has 0 amide bonds. The van der Waals surface area contributed by atoms with Gasteiger partial charge in [0.2, 0.25) is 0 Å². The number of hydrogen-bond acceptors (Lipinski definition) is 4. The molecular weight excluding hydrogens is 272 g/mol. The molecule has 0 aliphatic heterocycles. The number of aromatic nitrogens is 1. The zero-order valence-electron chi connectivity index (χ0n) is 12.1. The Labute approximate surface area is 128 Å². The van der Waals surface area contributed by atoms with Gasteiger partial charge in [0.25, 0.3) is 0 Å². The highest BCUT2D eigenvalue weighted by Crippen LogP contribution is 2.03. The summed E-state index contributed by atoms with van der Waals surface area (Å²) < 4.78 is 0. The van der Waals surface area contributed by atoms with Crippen LogP contribution in [-0.4, -0.2) is 23.1 Å². The molecule has 0 unspecified atom stereocenters. The molecule has 0 bridgehead atoms. The van der Waals surface area contributed by atoms with E-state index in [9.17, 15) is 0 Å². The Bertz CT molecular complexity index is 863. The smallest absolute Gasteiger partial charge is 0.108 e. The third-order valence-corrected chi connectivity index (χ3v) is 3.38. The number of rotatable bonds is 4. The fourth-order valence-electron chi connectivity index (χ4n) is 2.21. The molecule has 4 nitrogen and oxygen atoms in total. The summed E-state index contributed by atoms with van der Waals surface area (Å²) in [6.07, 6.45) is 5.50. The zero-order chi connectivity index (χ0) is 15.4. The van der Waals surface area contributed by atoms with Crippen molar-refractivity contribution in [3.8, 4) is 0 Å². The maximum atomic E-state index is 8.05. The van der Waals surface area contributed by atoms with Gasteiger partial charge in [0.15, 0.2) is 0 Å². The van der Waals surface area contributed by atoms with E-state index in [4.69, 9.17) is 5.41 Å². The number of hydrogen-bond donors (Lipinski definition) is 2. The van der Waals surface area contributed by atoms with Gasteiger partial charge in [0.1, 0.15) is 6.67 Å². The van der Waals surface area contributed by atoms with E-state index in [-0.39, 0.29) is 0 Å². The normalized spacial score (nSPS) is 14.7. The minimum Gasteiger partial charge on any atom is -0.365 e. The Balaban J connectivity index is 1.73. The van der Waals surface area contributed by atoms with Gasteiger partial charge in [-0.05, 0) is 34.7 Å². The van der Waals surface area contributed by atoms with E-state index in [0.29, 0.717) is 18.1 Å². The minimum atomic E-state index is 0.361. The first-order chi connectivity index (χ1) is 10.7. The first-order valence-electron chi connectivity index (χ1n) is 7.00. The molecule has 1 aromatic carbocycles. The number of aliphatic imine (C=N–C) groups is 1. The molecule has 0 fully saturated rings. The van der Waals surface area contributed by atoms with E-state index >= 15 is 0 Å². The highest BCUT2D eigenvalue weighted by Gasteiger charge is 2.06. The molecule has 4 heteroatoms. The van der Waals surface area contributed by atoms with Crippen LogP contribution in [0.2, 0.25) is 0 Å². The standard InChI is InChI=1S/C18H16N4/c1-13(17-8-4-5-9-20-17)21-12-22-18-11-15-7-3-2-6-14(15)10-16(18)19/h2-11,19,21H,1,12H2. The summed E-state index contributed by atoms with van der Waals surface area (Å²) in [6, 6.07) is 13.6. The Morgan fingerprint density at radius 3 is 2.55 bits per heavy atom. The number of benzene rings is 1. The largest absolute Gasteiger partial charge is 0.365 e. The molecule has 0 saturated heterocycles. The van der Waals surface area contributed by atoms with Gasteiger partial charge in [-0.1, -0.05) is 36.9 Å². The van der Waals surface area contributed by atoms with Crippen LogP contribution in [-0.2, 0) is 0 Å². The predicted molar refractivity (Wildman–Crippen MR) is 91.1 cm³/mol. The number of pyridine rings is 1. The van der Waals surface area contributed by atoms with Crippen molar-refractivity contribution in [1.82, 2.24) is 10.3 Å². The van der Waals surface area contributed by atoms with Gasteiger partial charge in [0.05, 0.1) is 22.8 Å². The van der Waals surface area contributed by atoms with Crippen molar-refractivity contribution in [2.24, 2.45) is 4.99 Å². The lowest BCUT2D eigenvalue weighted by Crippen LogP contribution is -2.33. The topological polar surface area (TPSA) is 61.1 Å². The molecule has 0 radical (unpaired) electrons. The van der Waals surface area contributed by atoms with Gasteiger partial charge in [-0.2, -0.15) is 0 Å². The average Bonchev–Trinajstić information content (AvgIpc) is 2.56. The van der Waals surface area contributed by atoms with Gasteiger partial charge in [-0.15, -0.1) is 0 Å². The van der Waals surface area contributed by atoms with Crippen LogP contribution in [0.25, 0.3) is 17.8 Å². The molecular formula is C18H16N4. The predicted octanol–water partition coefficient (Wildman–Crippen LogP) is 1.33. The van der Waals surface area contributed by atoms with Crippen molar-refractivity contribution in [2.45, 2.75) is 0 Å². The van der Waals surface area contributed by atoms with Crippen LogP contribution < -0.4 is 15.8 Å². The number of fused-ring (bicyclic) bond motifs is 1. The molecule has 0 spiro atoms. The Morgan fingerprint density at radius 1 is 1.09 bits per heavy atom. The van der Waals surface area contributed by atoms with E-state index in [0.717, 1.165) is 21.8 Å². The molecule has 1 aromatic heterocycles. The molecule has 2 N–H and O–H groups in total. The Kier molecular flexibility index (Phi) is 3.92. The lowest BCUT2D eigenvalue weighted by atomic mass is 10.0. The number of nitrogens with one attached hydrogen (secondary N) is 2. The third kappa shape index (κ3) is 3.01. The van der Waals surface area contributed by atoms with Crippen LogP contribution >= 0.6 is 0 Å². The second kappa shape index (κ2) is 6.18. The van der Waals surface area contributed by atoms with Gasteiger partial charge in [-0.25, -0.2) is 0 Å². The molecule has 2 aromatic rings. The second-order valence-electron chi connectivity index (χ2n) is 4.90. The van der Waals surface area contributed by atoms with Crippen LogP contribution in [0.1, 0.15) is 5.69 Å². The average molecular weight is 288 g/mol. The van der Waals surface area contributed by atoms with Crippen molar-refractivity contribution >= 4 is 29.3 Å². The van der Waals surface area contributed by atoms with Gasteiger partial charge in [-0.3, -0.25) is 15.4 Å². The van der Waals surface area contributed by atoms with Crippen molar-refractivity contribution in [1.29, 1.82) is 5.41 Å². The molecule has 1 heterocycles. The first kappa shape index (κ1) is 13.9. The van der Waals surface area contributed by atoms with Gasteiger partial charge >= 0.3 is 0 Å². The van der Waals surface area contributed by atoms with Crippen LogP contribution in [0.3, 0.4) is 0 Å². The monoisotopic (exact) mass is 288 g/mol. The Morgan fingerprint density at radius 2 is 1.82 bits per heavy atom. The fraction of sp³-hybridized carbons (Fsp3) is 0.0556. The van der Waals surface area contributed by atoms with Crippen LogP contribution in [0.15, 0.2) is 60.2 Å². The lowest BCUT2D eigenvalue weighted by molar-refractivity contribution is 0.902. The quantitative estimate of drug-likeness (QED) is 0.892. The summed E-state index contributed by atoms with van der Waals surface area (Å²) in [4.78, 5) is 8.66. The molecule has 0 saturated carbocycles. The molecule has 1 aliphatic carbocycles. The summed E-state index contributed by atoms with van der Waals surface area (Å²) >= 11 is 0. The summed E-state index contributed by atoms with van der Waals surface area (Å²) in [7, 11) is 0. The van der Waals surface area contributed by atoms with Crippen molar-refractivity contribution < 1.29 is 0 Å². The number of nitrogens with zero attached hydrogens (tertiary/aromatic N) is 2. The Hall–Kier alpha value is -3.01. The van der Waals surface area contributed by atoms with Crippen LogP contribution in [0, 0.1) is 5.41 Å². The fourth-order valence-corrected chi connectivity index (χ4v) is 2.21. The summed E-state index contributed by atoms with van der Waals surface area (Å²) in [5.41, 5.74) is 2.60. The van der Waals surface area contributed by atoms with E-state index < -0.39 is 0 Å². The molecule has 22 heavy (non-hydrogen) atoms. The third-order valence-electron chi connectivity index (χ3n) is 3.38. The van der Waals surface area contributed by atoms with Gasteiger partial charge < -0.3 is 5.32 Å². The van der Waals surface area contributed by atoms with Crippen LogP contribution in [0.5, 0.6) is 0 Å². The first-order valence-corrected chi connectivity index (χ1v) is 7.00. The maximum absolute atomic E-state index is 8.05. The van der Waals surface area contributed by atoms with E-state index in [1.807, 2.05) is 54.6 Å². The molecule has 108 valence electrons. The summed E-state index contributed by atoms with van der Waals surface area (Å²) in [5.74, 6) is 0. The van der Waals surface area contributed by atoms with Crippen molar-refractivity contribution in [3.63, 3.8) is 0 Å².